The van der Waals surface area contributed by atoms with Crippen LogP contribution in [-0.4, -0.2) is 30.4 Å². The topological polar surface area (TPSA) is 112 Å². The monoisotopic (exact) mass is 403 g/mol. The molecule has 0 spiro atoms. The fourth-order valence-corrected chi connectivity index (χ4v) is 3.28. The second-order valence-corrected chi connectivity index (χ2v) is 6.97. The average Bonchev–Trinajstić information content (AvgIpc) is 3.54. The number of methoxy groups -OCH3 is 2. The van der Waals surface area contributed by atoms with E-state index in [0.29, 0.717) is 40.0 Å². The van der Waals surface area contributed by atoms with Crippen LogP contribution >= 0.6 is 0 Å². The van der Waals surface area contributed by atoms with Crippen LogP contribution in [0.4, 0.5) is 16.2 Å². The third-order valence-corrected chi connectivity index (χ3v) is 4.93. The highest BCUT2D eigenvalue weighted by molar-refractivity contribution is 6.03. The number of hydrogen-bond acceptors (Lipinski definition) is 5. The fourth-order valence-electron chi connectivity index (χ4n) is 3.28. The third-order valence-electron chi connectivity index (χ3n) is 4.93. The van der Waals surface area contributed by atoms with Gasteiger partial charge in [0.1, 0.15) is 17.2 Å². The Morgan fingerprint density at radius 1 is 1.17 bits per heavy atom. The number of H-pyrrole nitrogens is 1. The van der Waals surface area contributed by atoms with Gasteiger partial charge in [0.25, 0.3) is 0 Å². The van der Waals surface area contributed by atoms with Crippen LogP contribution in [-0.2, 0) is 0 Å². The van der Waals surface area contributed by atoms with Crippen molar-refractivity contribution in [2.75, 3.05) is 24.9 Å². The van der Waals surface area contributed by atoms with E-state index in [1.54, 1.807) is 44.6 Å². The lowest BCUT2D eigenvalue weighted by molar-refractivity contribution is 0.262. The number of nitriles is 1. The molecule has 1 fully saturated rings. The lowest BCUT2D eigenvalue weighted by Gasteiger charge is -2.12. The van der Waals surface area contributed by atoms with E-state index in [9.17, 15) is 4.79 Å². The van der Waals surface area contributed by atoms with Crippen LogP contribution in [0, 0.1) is 11.3 Å². The van der Waals surface area contributed by atoms with Crippen molar-refractivity contribution < 1.29 is 14.3 Å². The SMILES string of the molecule is COc1ccc(-c2n[nH]c(C3CC3)c2NC(=O)Nc2cccc(C#N)c2)c(OC)c1. The number of nitrogens with zero attached hydrogens (tertiary/aromatic N) is 2. The summed E-state index contributed by atoms with van der Waals surface area (Å²) < 4.78 is 10.8. The minimum atomic E-state index is -0.415. The number of carbonyl (C=O) groups is 1. The number of carbonyl (C=O) groups excluding carboxylic acids is 1. The van der Waals surface area contributed by atoms with Gasteiger partial charge in [0.05, 0.1) is 37.2 Å². The first-order valence-corrected chi connectivity index (χ1v) is 9.51. The van der Waals surface area contributed by atoms with Crippen molar-refractivity contribution in [2.45, 2.75) is 18.8 Å². The quantitative estimate of drug-likeness (QED) is 0.561. The highest BCUT2D eigenvalue weighted by atomic mass is 16.5. The van der Waals surface area contributed by atoms with Crippen LogP contribution in [0.5, 0.6) is 11.5 Å². The number of ether oxygens (including phenoxy) is 2. The molecule has 2 aromatic carbocycles. The van der Waals surface area contributed by atoms with Crippen molar-refractivity contribution >= 4 is 17.4 Å². The number of anilines is 2. The maximum absolute atomic E-state index is 12.7. The molecule has 1 heterocycles. The molecule has 1 aliphatic rings. The lowest BCUT2D eigenvalue weighted by Crippen LogP contribution is -2.20. The molecule has 4 rings (SSSR count). The van der Waals surface area contributed by atoms with E-state index in [1.807, 2.05) is 12.1 Å². The molecular weight excluding hydrogens is 382 g/mol. The number of aromatic nitrogens is 2. The Bertz CT molecular complexity index is 1130. The molecule has 8 nitrogen and oxygen atoms in total. The molecule has 0 aliphatic heterocycles. The minimum absolute atomic E-state index is 0.340. The molecule has 1 aromatic heterocycles. The summed E-state index contributed by atoms with van der Waals surface area (Å²) in [5, 5.41) is 22.3. The van der Waals surface area contributed by atoms with Crippen LogP contribution in [0.3, 0.4) is 0 Å². The largest absolute Gasteiger partial charge is 0.497 e. The van der Waals surface area contributed by atoms with E-state index in [4.69, 9.17) is 14.7 Å². The summed E-state index contributed by atoms with van der Waals surface area (Å²) >= 11 is 0. The number of nitrogens with one attached hydrogen (secondary N) is 3. The highest BCUT2D eigenvalue weighted by Gasteiger charge is 2.31. The molecule has 3 aromatic rings. The second-order valence-electron chi connectivity index (χ2n) is 6.97. The summed E-state index contributed by atoms with van der Waals surface area (Å²) in [4.78, 5) is 12.7. The Morgan fingerprint density at radius 3 is 2.70 bits per heavy atom. The van der Waals surface area contributed by atoms with Crippen molar-refractivity contribution in [3.63, 3.8) is 0 Å². The van der Waals surface area contributed by atoms with Crippen LogP contribution in [0.25, 0.3) is 11.3 Å². The van der Waals surface area contributed by atoms with Gasteiger partial charge in [-0.1, -0.05) is 6.07 Å². The Labute approximate surface area is 173 Å². The van der Waals surface area contributed by atoms with Crippen LogP contribution in [0.1, 0.15) is 30.0 Å². The number of hydrogen-bond donors (Lipinski definition) is 3. The van der Waals surface area contributed by atoms with Crippen LogP contribution in [0.2, 0.25) is 0 Å². The van der Waals surface area contributed by atoms with Gasteiger partial charge in [-0.15, -0.1) is 0 Å². The van der Waals surface area contributed by atoms with Crippen molar-refractivity contribution in [3.8, 4) is 28.8 Å². The summed E-state index contributed by atoms with van der Waals surface area (Å²) in [5.41, 5.74) is 3.85. The van der Waals surface area contributed by atoms with Gasteiger partial charge in [-0.3, -0.25) is 5.10 Å². The molecular formula is C22H21N5O3. The number of aromatic amines is 1. The number of amides is 2. The van der Waals surface area contributed by atoms with E-state index >= 15 is 0 Å². The lowest BCUT2D eigenvalue weighted by atomic mass is 10.1. The van der Waals surface area contributed by atoms with Crippen molar-refractivity contribution in [2.24, 2.45) is 0 Å². The summed E-state index contributed by atoms with van der Waals surface area (Å²) in [6.45, 7) is 0. The van der Waals surface area contributed by atoms with Gasteiger partial charge in [-0.2, -0.15) is 10.4 Å². The zero-order valence-electron chi connectivity index (χ0n) is 16.7. The fraction of sp³-hybridized carbons (Fsp3) is 0.227. The van der Waals surface area contributed by atoms with Crippen molar-refractivity contribution in [1.29, 1.82) is 5.26 Å². The first-order valence-electron chi connectivity index (χ1n) is 9.51. The van der Waals surface area contributed by atoms with E-state index in [-0.39, 0.29) is 0 Å². The van der Waals surface area contributed by atoms with Gasteiger partial charge < -0.3 is 20.1 Å². The molecule has 0 bridgehead atoms. The van der Waals surface area contributed by atoms with Gasteiger partial charge in [0.15, 0.2) is 0 Å². The molecule has 2 amide bonds. The second kappa shape index (κ2) is 8.17. The first-order chi connectivity index (χ1) is 14.6. The van der Waals surface area contributed by atoms with E-state index in [1.165, 1.54) is 0 Å². The minimum Gasteiger partial charge on any atom is -0.497 e. The van der Waals surface area contributed by atoms with E-state index in [0.717, 1.165) is 24.1 Å². The smallest absolute Gasteiger partial charge is 0.323 e. The molecule has 0 radical (unpaired) electrons. The number of rotatable bonds is 6. The Hall–Kier alpha value is -3.99. The first kappa shape index (κ1) is 19.3. The Kier molecular flexibility index (Phi) is 5.26. The maximum Gasteiger partial charge on any atom is 0.323 e. The summed E-state index contributed by atoms with van der Waals surface area (Å²) in [6, 6.07) is 13.8. The normalized spacial score (nSPS) is 12.7. The van der Waals surface area contributed by atoms with Crippen molar-refractivity contribution in [1.82, 2.24) is 10.2 Å². The van der Waals surface area contributed by atoms with Crippen LogP contribution in [0.15, 0.2) is 42.5 Å². The summed E-state index contributed by atoms with van der Waals surface area (Å²) in [5.74, 6) is 1.60. The molecule has 3 N–H and O–H groups in total. The molecule has 0 atom stereocenters. The Balaban J connectivity index is 1.65. The summed E-state index contributed by atoms with van der Waals surface area (Å²) in [7, 11) is 3.17. The predicted molar refractivity (Wildman–Crippen MR) is 113 cm³/mol. The molecule has 30 heavy (non-hydrogen) atoms. The summed E-state index contributed by atoms with van der Waals surface area (Å²) in [6.07, 6.45) is 2.09. The number of benzene rings is 2. The molecule has 0 unspecified atom stereocenters. The molecule has 8 heteroatoms. The number of urea groups is 1. The predicted octanol–water partition coefficient (Wildman–Crippen LogP) is 4.49. The molecule has 0 saturated heterocycles. The molecule has 1 aliphatic carbocycles. The van der Waals surface area contributed by atoms with Gasteiger partial charge in [-0.25, -0.2) is 4.79 Å². The van der Waals surface area contributed by atoms with Gasteiger partial charge in [-0.05, 0) is 43.2 Å². The highest BCUT2D eigenvalue weighted by Crippen LogP contribution is 2.46. The Morgan fingerprint density at radius 2 is 2.00 bits per heavy atom. The third kappa shape index (κ3) is 3.91. The van der Waals surface area contributed by atoms with Gasteiger partial charge >= 0.3 is 6.03 Å². The van der Waals surface area contributed by atoms with Crippen LogP contribution < -0.4 is 20.1 Å². The molecule has 152 valence electrons. The standard InChI is InChI=1S/C22H21N5O3/c1-29-16-8-9-17(18(11-16)30-2)20-21(19(26-27-20)14-6-7-14)25-22(28)24-15-5-3-4-13(10-15)12-23/h3-5,8-11,14H,6-7H2,1-2H3,(H,26,27)(H2,24,25,28). The molecule has 1 saturated carbocycles. The van der Waals surface area contributed by atoms with Gasteiger partial charge in [0.2, 0.25) is 0 Å². The zero-order chi connectivity index (χ0) is 21.1. The average molecular weight is 403 g/mol. The maximum atomic E-state index is 12.7. The zero-order valence-corrected chi connectivity index (χ0v) is 16.7. The van der Waals surface area contributed by atoms with Crippen molar-refractivity contribution in [3.05, 3.63) is 53.7 Å². The van der Waals surface area contributed by atoms with E-state index in [2.05, 4.69) is 26.9 Å². The van der Waals surface area contributed by atoms with E-state index < -0.39 is 6.03 Å². The van der Waals surface area contributed by atoms with Gasteiger partial charge in [0, 0.05) is 23.2 Å².